The van der Waals surface area contributed by atoms with E-state index in [1.54, 1.807) is 11.8 Å². The molecule has 0 aliphatic heterocycles. The van der Waals surface area contributed by atoms with E-state index in [2.05, 4.69) is 17.1 Å². The van der Waals surface area contributed by atoms with Gasteiger partial charge in [0.1, 0.15) is 0 Å². The molecule has 3 fully saturated rings. The van der Waals surface area contributed by atoms with E-state index >= 15 is 0 Å². The molecule has 4 heteroatoms. The molecule has 1 aromatic rings. The van der Waals surface area contributed by atoms with E-state index in [4.69, 9.17) is 10.2 Å². The van der Waals surface area contributed by atoms with Crippen molar-refractivity contribution in [3.05, 3.63) is 18.0 Å². The smallest absolute Gasteiger partial charge is 0.187 e. The van der Waals surface area contributed by atoms with Crippen LogP contribution in [0.15, 0.2) is 17.4 Å². The minimum absolute atomic E-state index is 0.268. The first-order chi connectivity index (χ1) is 9.22. The third-order valence-corrected chi connectivity index (χ3v) is 5.78. The zero-order valence-electron chi connectivity index (χ0n) is 11.4. The summed E-state index contributed by atoms with van der Waals surface area (Å²) in [5, 5.41) is 9.89. The second-order valence-corrected chi connectivity index (χ2v) is 6.82. The molecule has 0 amide bonds. The SMILES string of the molecule is CSc1nccc(C23CCC(CC#N)(CC2)CC3)n1. The van der Waals surface area contributed by atoms with Crippen molar-refractivity contribution in [2.24, 2.45) is 5.41 Å². The Morgan fingerprint density at radius 2 is 1.95 bits per heavy atom. The van der Waals surface area contributed by atoms with E-state index in [0.29, 0.717) is 5.41 Å². The van der Waals surface area contributed by atoms with E-state index in [9.17, 15) is 0 Å². The maximum absolute atomic E-state index is 9.01. The Labute approximate surface area is 118 Å². The predicted molar refractivity (Wildman–Crippen MR) is 75.9 cm³/mol. The number of fused-ring (bicyclic) bond motifs is 3. The van der Waals surface area contributed by atoms with Gasteiger partial charge in [-0.1, -0.05) is 11.8 Å². The highest BCUT2D eigenvalue weighted by molar-refractivity contribution is 7.98. The zero-order chi connectivity index (χ0) is 13.3. The van der Waals surface area contributed by atoms with Crippen LogP contribution < -0.4 is 0 Å². The van der Waals surface area contributed by atoms with Crippen LogP contribution >= 0.6 is 11.8 Å². The minimum Gasteiger partial charge on any atom is -0.231 e. The fourth-order valence-corrected chi connectivity index (χ4v) is 4.17. The Morgan fingerprint density at radius 3 is 2.53 bits per heavy atom. The molecule has 0 N–H and O–H groups in total. The number of nitrogens with zero attached hydrogens (tertiary/aromatic N) is 3. The highest BCUT2D eigenvalue weighted by Gasteiger charge is 2.49. The number of hydrogen-bond donors (Lipinski definition) is 0. The first-order valence-corrected chi connectivity index (χ1v) is 8.19. The Morgan fingerprint density at radius 1 is 1.26 bits per heavy atom. The van der Waals surface area contributed by atoms with Crippen molar-refractivity contribution < 1.29 is 0 Å². The van der Waals surface area contributed by atoms with Crippen LogP contribution in [0.2, 0.25) is 0 Å². The second kappa shape index (κ2) is 4.79. The Kier molecular flexibility index (Phi) is 3.26. The van der Waals surface area contributed by atoms with Gasteiger partial charge in [0, 0.05) is 18.0 Å². The lowest BCUT2D eigenvalue weighted by Gasteiger charge is -2.52. The number of thioether (sulfide) groups is 1. The normalized spacial score (nSPS) is 33.1. The maximum Gasteiger partial charge on any atom is 0.187 e. The van der Waals surface area contributed by atoms with Crippen LogP contribution in [0.5, 0.6) is 0 Å². The van der Waals surface area contributed by atoms with Gasteiger partial charge in [-0.25, -0.2) is 9.97 Å². The van der Waals surface area contributed by atoms with Crippen LogP contribution in [0.1, 0.15) is 50.6 Å². The maximum atomic E-state index is 9.01. The molecule has 1 heterocycles. The molecule has 0 radical (unpaired) electrons. The summed E-state index contributed by atoms with van der Waals surface area (Å²) in [7, 11) is 0. The van der Waals surface area contributed by atoms with Gasteiger partial charge in [-0.15, -0.1) is 0 Å². The average Bonchev–Trinajstić information content (AvgIpc) is 2.49. The molecule has 0 unspecified atom stereocenters. The summed E-state index contributed by atoms with van der Waals surface area (Å²) in [6.45, 7) is 0. The number of rotatable bonds is 3. The lowest BCUT2D eigenvalue weighted by Crippen LogP contribution is -2.44. The van der Waals surface area contributed by atoms with Gasteiger partial charge >= 0.3 is 0 Å². The van der Waals surface area contributed by atoms with E-state index in [1.165, 1.54) is 44.2 Å². The van der Waals surface area contributed by atoms with Gasteiger partial charge in [0.2, 0.25) is 0 Å². The number of hydrogen-bond acceptors (Lipinski definition) is 4. The van der Waals surface area contributed by atoms with Crippen molar-refractivity contribution in [1.29, 1.82) is 5.26 Å². The Balaban J connectivity index is 1.85. The van der Waals surface area contributed by atoms with Crippen molar-refractivity contribution in [3.63, 3.8) is 0 Å². The fraction of sp³-hybridized carbons (Fsp3) is 0.667. The molecule has 100 valence electrons. The topological polar surface area (TPSA) is 49.6 Å². The summed E-state index contributed by atoms with van der Waals surface area (Å²) in [6, 6.07) is 4.49. The predicted octanol–water partition coefficient (Wildman–Crippen LogP) is 3.70. The molecule has 2 bridgehead atoms. The quantitative estimate of drug-likeness (QED) is 0.622. The molecule has 3 aliphatic rings. The van der Waals surface area contributed by atoms with Crippen LogP contribution in [0.25, 0.3) is 0 Å². The fourth-order valence-electron chi connectivity index (χ4n) is 3.81. The van der Waals surface area contributed by atoms with Crippen molar-refractivity contribution in [1.82, 2.24) is 9.97 Å². The molecular weight excluding hydrogens is 254 g/mol. The van der Waals surface area contributed by atoms with Crippen molar-refractivity contribution in [2.45, 2.75) is 55.5 Å². The van der Waals surface area contributed by atoms with Gasteiger partial charge < -0.3 is 0 Å². The third-order valence-electron chi connectivity index (χ3n) is 5.22. The lowest BCUT2D eigenvalue weighted by molar-refractivity contribution is 0.0411. The molecule has 3 saturated carbocycles. The highest BCUT2D eigenvalue weighted by atomic mass is 32.2. The lowest BCUT2D eigenvalue weighted by atomic mass is 9.52. The Bertz CT molecular complexity index is 496. The number of aromatic nitrogens is 2. The van der Waals surface area contributed by atoms with Crippen LogP contribution in [-0.2, 0) is 5.41 Å². The van der Waals surface area contributed by atoms with E-state index in [-0.39, 0.29) is 5.41 Å². The standard InChI is InChI=1S/C15H19N3S/c1-19-13-17-11-2-12(18-13)15-6-3-14(4-7-15,5-8-15)9-10-16/h2,11H,3-9H2,1H3. The van der Waals surface area contributed by atoms with Gasteiger partial charge in [0.05, 0.1) is 11.8 Å². The largest absolute Gasteiger partial charge is 0.231 e. The van der Waals surface area contributed by atoms with E-state index in [1.807, 2.05) is 12.5 Å². The summed E-state index contributed by atoms with van der Waals surface area (Å²) in [5.41, 5.74) is 1.83. The van der Waals surface area contributed by atoms with Crippen LogP contribution in [0, 0.1) is 16.7 Å². The highest BCUT2D eigenvalue weighted by Crippen LogP contribution is 2.58. The van der Waals surface area contributed by atoms with Crippen molar-refractivity contribution >= 4 is 11.8 Å². The van der Waals surface area contributed by atoms with Gasteiger partial charge in [0.25, 0.3) is 0 Å². The first kappa shape index (κ1) is 12.9. The number of nitriles is 1. The average molecular weight is 273 g/mol. The van der Waals surface area contributed by atoms with Crippen molar-refractivity contribution in [2.75, 3.05) is 6.26 Å². The summed E-state index contributed by atoms with van der Waals surface area (Å²) < 4.78 is 0. The third kappa shape index (κ3) is 2.14. The molecule has 19 heavy (non-hydrogen) atoms. The van der Waals surface area contributed by atoms with Gasteiger partial charge in [0.15, 0.2) is 5.16 Å². The molecular formula is C15H19N3S. The first-order valence-electron chi connectivity index (χ1n) is 6.97. The molecule has 1 aromatic heterocycles. The molecule has 0 atom stereocenters. The van der Waals surface area contributed by atoms with Crippen LogP contribution in [0.4, 0.5) is 0 Å². The van der Waals surface area contributed by atoms with Gasteiger partial charge in [-0.3, -0.25) is 0 Å². The van der Waals surface area contributed by atoms with Gasteiger partial charge in [-0.05, 0) is 56.3 Å². The van der Waals surface area contributed by atoms with Crippen LogP contribution in [0.3, 0.4) is 0 Å². The minimum atomic E-state index is 0.268. The van der Waals surface area contributed by atoms with Crippen LogP contribution in [-0.4, -0.2) is 16.2 Å². The summed E-state index contributed by atoms with van der Waals surface area (Å²) in [6.07, 6.45) is 11.8. The Hall–Kier alpha value is -1.08. The summed E-state index contributed by atoms with van der Waals surface area (Å²) >= 11 is 1.61. The zero-order valence-corrected chi connectivity index (χ0v) is 12.2. The van der Waals surface area contributed by atoms with E-state index < -0.39 is 0 Å². The molecule has 0 spiro atoms. The molecule has 3 nitrogen and oxygen atoms in total. The molecule has 0 aromatic carbocycles. The second-order valence-electron chi connectivity index (χ2n) is 6.04. The van der Waals surface area contributed by atoms with E-state index in [0.717, 1.165) is 11.6 Å². The van der Waals surface area contributed by atoms with Gasteiger partial charge in [-0.2, -0.15) is 5.26 Å². The summed E-state index contributed by atoms with van der Waals surface area (Å²) in [5.74, 6) is 0. The molecule has 0 saturated heterocycles. The summed E-state index contributed by atoms with van der Waals surface area (Å²) in [4.78, 5) is 9.02. The van der Waals surface area contributed by atoms with Crippen molar-refractivity contribution in [3.8, 4) is 6.07 Å². The molecule has 3 aliphatic carbocycles. The molecule has 4 rings (SSSR count). The monoisotopic (exact) mass is 273 g/mol.